The van der Waals surface area contributed by atoms with Crippen molar-refractivity contribution in [1.29, 1.82) is 0 Å². The van der Waals surface area contributed by atoms with Crippen LogP contribution in [0.1, 0.15) is 85.0 Å². The van der Waals surface area contributed by atoms with Crippen molar-refractivity contribution in [3.05, 3.63) is 0 Å². The van der Waals surface area contributed by atoms with Gasteiger partial charge < -0.3 is 15.5 Å². The number of rotatable bonds is 7. The number of fused-ring (bicyclic) bond motifs is 5. The monoisotopic (exact) mass is 499 g/mol. The van der Waals surface area contributed by atoms with E-state index in [1.165, 1.54) is 6.42 Å². The molecule has 0 saturated heterocycles. The van der Waals surface area contributed by atoms with Gasteiger partial charge in [0.2, 0.25) is 5.91 Å². The Morgan fingerprint density at radius 2 is 1.71 bits per heavy atom. The van der Waals surface area contributed by atoms with Crippen molar-refractivity contribution < 1.29 is 28.0 Å². The summed E-state index contributed by atoms with van der Waals surface area (Å²) < 4.78 is 30.5. The summed E-state index contributed by atoms with van der Waals surface area (Å²) in [5.41, 5.74) is 0.411. The van der Waals surface area contributed by atoms with Crippen molar-refractivity contribution in [1.82, 2.24) is 5.32 Å². The molecule has 7 unspecified atom stereocenters. The summed E-state index contributed by atoms with van der Waals surface area (Å²) >= 11 is 0. The van der Waals surface area contributed by atoms with Gasteiger partial charge in [-0.15, -0.1) is 0 Å². The van der Waals surface area contributed by atoms with Crippen LogP contribution in [0.15, 0.2) is 0 Å². The molecular formula is C26H45NO6S. The van der Waals surface area contributed by atoms with Crippen LogP contribution in [0.3, 0.4) is 0 Å². The Bertz CT molecular complexity index is 863. The topological polar surface area (TPSA) is 124 Å². The first-order chi connectivity index (χ1) is 15.8. The fourth-order valence-electron chi connectivity index (χ4n) is 9.14. The van der Waals surface area contributed by atoms with Gasteiger partial charge in [0, 0.05) is 13.0 Å². The Morgan fingerprint density at radius 3 is 2.41 bits per heavy atom. The summed E-state index contributed by atoms with van der Waals surface area (Å²) in [5, 5.41) is 24.2. The van der Waals surface area contributed by atoms with E-state index in [0.29, 0.717) is 41.9 Å². The van der Waals surface area contributed by atoms with Crippen molar-refractivity contribution in [2.75, 3.05) is 12.3 Å². The fraction of sp³-hybridized carbons (Fsp3) is 0.962. The fourth-order valence-corrected chi connectivity index (χ4v) is 9.50. The third kappa shape index (κ3) is 4.94. The summed E-state index contributed by atoms with van der Waals surface area (Å²) in [6.07, 6.45) is 8.87. The molecule has 0 aliphatic heterocycles. The van der Waals surface area contributed by atoms with Gasteiger partial charge in [-0.05, 0) is 104 Å². The lowest BCUT2D eigenvalue weighted by molar-refractivity contribution is -0.174. The summed E-state index contributed by atoms with van der Waals surface area (Å²) in [6.45, 7) is 7.05. The number of carbonyl (C=O) groups is 1. The van der Waals surface area contributed by atoms with Crippen molar-refractivity contribution in [3.63, 3.8) is 0 Å². The zero-order chi connectivity index (χ0) is 24.9. The SMILES string of the molecule is CC(CCC(=O)NCCS(=O)(=O)O)[C@H]1CCC2C3C(CCC21C)C1(C)CC[C@@H](O)CC1C[C@H]3O. The Balaban J connectivity index is 1.39. The van der Waals surface area contributed by atoms with Crippen molar-refractivity contribution >= 4 is 16.0 Å². The van der Waals surface area contributed by atoms with Crippen LogP contribution in [-0.2, 0) is 14.9 Å². The molecule has 8 heteroatoms. The molecule has 4 aliphatic carbocycles. The van der Waals surface area contributed by atoms with Gasteiger partial charge in [0.15, 0.2) is 0 Å². The first-order valence-electron chi connectivity index (χ1n) is 13.4. The van der Waals surface area contributed by atoms with Crippen LogP contribution < -0.4 is 5.32 Å². The number of hydrogen-bond acceptors (Lipinski definition) is 5. The van der Waals surface area contributed by atoms with E-state index in [-0.39, 0.29) is 35.5 Å². The van der Waals surface area contributed by atoms with Gasteiger partial charge >= 0.3 is 0 Å². The average Bonchev–Trinajstić information content (AvgIpc) is 3.09. The van der Waals surface area contributed by atoms with Crippen molar-refractivity contribution in [2.24, 2.45) is 46.3 Å². The van der Waals surface area contributed by atoms with E-state index >= 15 is 0 Å². The van der Waals surface area contributed by atoms with E-state index in [0.717, 1.165) is 51.4 Å². The van der Waals surface area contributed by atoms with Crippen LogP contribution in [0, 0.1) is 46.3 Å². The lowest BCUT2D eigenvalue weighted by atomic mass is 9.43. The second-order valence-corrected chi connectivity index (χ2v) is 14.2. The highest BCUT2D eigenvalue weighted by Crippen LogP contribution is 2.68. The number of nitrogens with one attached hydrogen (secondary N) is 1. The maximum atomic E-state index is 12.2. The van der Waals surface area contributed by atoms with Gasteiger partial charge in [-0.3, -0.25) is 9.35 Å². The van der Waals surface area contributed by atoms with Crippen LogP contribution >= 0.6 is 0 Å². The zero-order valence-electron chi connectivity index (χ0n) is 21.1. The Hall–Kier alpha value is -0.700. The number of amides is 1. The van der Waals surface area contributed by atoms with E-state index in [1.807, 2.05) is 0 Å². The van der Waals surface area contributed by atoms with Gasteiger partial charge in [0.05, 0.1) is 18.0 Å². The van der Waals surface area contributed by atoms with Gasteiger partial charge in [-0.2, -0.15) is 8.42 Å². The van der Waals surface area contributed by atoms with E-state index in [4.69, 9.17) is 4.55 Å². The molecule has 196 valence electrons. The number of carbonyl (C=O) groups excluding carboxylic acids is 1. The number of hydrogen-bond donors (Lipinski definition) is 4. The third-order valence-corrected chi connectivity index (χ3v) is 11.6. The minimum Gasteiger partial charge on any atom is -0.393 e. The minimum atomic E-state index is -4.06. The maximum absolute atomic E-state index is 12.2. The zero-order valence-corrected chi connectivity index (χ0v) is 21.9. The highest BCUT2D eigenvalue weighted by Gasteiger charge is 2.62. The highest BCUT2D eigenvalue weighted by atomic mass is 32.2. The lowest BCUT2D eigenvalue weighted by Gasteiger charge is -2.62. The highest BCUT2D eigenvalue weighted by molar-refractivity contribution is 7.85. The molecule has 0 aromatic heterocycles. The summed E-state index contributed by atoms with van der Waals surface area (Å²) in [4.78, 5) is 12.2. The molecule has 4 aliphatic rings. The Kier molecular flexibility index (Phi) is 7.47. The Labute approximate surface area is 205 Å². The van der Waals surface area contributed by atoms with Crippen molar-refractivity contribution in [2.45, 2.75) is 97.2 Å². The second-order valence-electron chi connectivity index (χ2n) is 12.6. The third-order valence-electron chi connectivity index (χ3n) is 10.9. The Morgan fingerprint density at radius 1 is 1.03 bits per heavy atom. The summed E-state index contributed by atoms with van der Waals surface area (Å²) in [5.74, 6) is 2.10. The molecule has 0 radical (unpaired) electrons. The molecule has 0 aromatic carbocycles. The molecule has 4 fully saturated rings. The van der Waals surface area contributed by atoms with Crippen LogP contribution in [-0.4, -0.2) is 53.6 Å². The first kappa shape index (κ1) is 26.4. The van der Waals surface area contributed by atoms with Gasteiger partial charge in [-0.25, -0.2) is 0 Å². The molecule has 1 amide bonds. The quantitative estimate of drug-likeness (QED) is 0.398. The van der Waals surface area contributed by atoms with Crippen molar-refractivity contribution in [3.8, 4) is 0 Å². The van der Waals surface area contributed by atoms with Gasteiger partial charge in [0.1, 0.15) is 0 Å². The smallest absolute Gasteiger partial charge is 0.266 e. The summed E-state index contributed by atoms with van der Waals surface area (Å²) in [6, 6.07) is 0. The maximum Gasteiger partial charge on any atom is 0.266 e. The van der Waals surface area contributed by atoms with Crippen LogP contribution in [0.5, 0.6) is 0 Å². The average molecular weight is 500 g/mol. The molecule has 10 atom stereocenters. The second kappa shape index (κ2) is 9.64. The van der Waals surface area contributed by atoms with E-state index in [2.05, 4.69) is 26.1 Å². The predicted octanol–water partition coefficient (Wildman–Crippen LogP) is 3.40. The molecule has 4 saturated carbocycles. The van der Waals surface area contributed by atoms with Gasteiger partial charge in [-0.1, -0.05) is 20.8 Å². The lowest BCUT2D eigenvalue weighted by Crippen LogP contribution is -2.58. The van der Waals surface area contributed by atoms with Gasteiger partial charge in [0.25, 0.3) is 10.1 Å². The molecule has 0 spiro atoms. The van der Waals surface area contributed by atoms with E-state index in [1.54, 1.807) is 0 Å². The summed E-state index contributed by atoms with van der Waals surface area (Å²) in [7, 11) is -4.06. The molecular weight excluding hydrogens is 454 g/mol. The van der Waals surface area contributed by atoms with E-state index in [9.17, 15) is 23.4 Å². The van der Waals surface area contributed by atoms with Crippen LogP contribution in [0.2, 0.25) is 0 Å². The van der Waals surface area contributed by atoms with Crippen LogP contribution in [0.25, 0.3) is 0 Å². The normalized spacial score (nSPS) is 45.1. The molecule has 4 N–H and O–H groups in total. The molecule has 34 heavy (non-hydrogen) atoms. The molecule has 0 aromatic rings. The number of aliphatic hydroxyl groups is 2. The largest absolute Gasteiger partial charge is 0.393 e. The number of aliphatic hydroxyl groups excluding tert-OH is 2. The molecule has 7 nitrogen and oxygen atoms in total. The molecule has 0 bridgehead atoms. The first-order valence-corrected chi connectivity index (χ1v) is 15.0. The molecule has 4 rings (SSSR count). The standard InChI is InChI=1S/C26H45NO6S/c1-16(4-7-23(30)27-12-13-34(31,32)33)19-5-6-20-24-21(9-11-26(19,20)3)25(2)10-8-18(28)14-17(25)15-22(24)29/h16-22,24,28-29H,4-15H2,1-3H3,(H,27,30)(H,31,32,33)/t16?,17?,18-,19-,20?,21?,22-,24?,25?,26?/m1/s1. The molecule has 0 heterocycles. The van der Waals surface area contributed by atoms with Crippen LogP contribution in [0.4, 0.5) is 0 Å². The minimum absolute atomic E-state index is 0.0625. The van der Waals surface area contributed by atoms with E-state index < -0.39 is 15.9 Å². The predicted molar refractivity (Wildman–Crippen MR) is 130 cm³/mol.